The molecule has 5 nitrogen and oxygen atoms in total. The maximum Gasteiger partial charge on any atom is 0.149 e. The van der Waals surface area contributed by atoms with Crippen molar-refractivity contribution in [2.45, 2.75) is 41.3 Å². The molecule has 0 atom stereocenters. The van der Waals surface area contributed by atoms with E-state index in [9.17, 15) is 5.11 Å². The molecule has 5 aromatic carbocycles. The maximum atomic E-state index is 10.9. The van der Waals surface area contributed by atoms with Crippen LogP contribution in [0.15, 0.2) is 149 Å². The highest BCUT2D eigenvalue weighted by Crippen LogP contribution is 2.43. The van der Waals surface area contributed by atoms with E-state index in [-0.39, 0.29) is 6.61 Å². The van der Waals surface area contributed by atoms with Crippen molar-refractivity contribution >= 4 is 17.4 Å². The Labute approximate surface area is 269 Å². The van der Waals surface area contributed by atoms with Crippen LogP contribution in [-0.4, -0.2) is 33.2 Å². The van der Waals surface area contributed by atoms with E-state index in [1.54, 1.807) is 0 Å². The Bertz CT molecular complexity index is 1720. The van der Waals surface area contributed by atoms with Gasteiger partial charge in [0.25, 0.3) is 0 Å². The van der Waals surface area contributed by atoms with Crippen LogP contribution >= 0.6 is 11.8 Å². The zero-order valence-corrected chi connectivity index (χ0v) is 26.0. The number of hydrogen-bond donors (Lipinski definition) is 1. The predicted octanol–water partition coefficient (Wildman–Crippen LogP) is 8.42. The highest BCUT2D eigenvalue weighted by atomic mass is 32.2. The lowest BCUT2D eigenvalue weighted by Crippen LogP contribution is -2.40. The van der Waals surface area contributed by atoms with Crippen molar-refractivity contribution in [3.63, 3.8) is 0 Å². The largest absolute Gasteiger partial charge is 0.390 e. The number of hydrogen-bond acceptors (Lipinski definition) is 5. The van der Waals surface area contributed by atoms with Crippen molar-refractivity contribution in [3.8, 4) is 11.1 Å². The molecule has 6 aromatic rings. The van der Waals surface area contributed by atoms with Gasteiger partial charge in [-0.2, -0.15) is 0 Å². The van der Waals surface area contributed by atoms with Gasteiger partial charge in [0.05, 0.1) is 6.61 Å². The van der Waals surface area contributed by atoms with Gasteiger partial charge in [-0.1, -0.05) is 132 Å². The summed E-state index contributed by atoms with van der Waals surface area (Å²) < 4.78 is 1.91. The second-order valence-corrected chi connectivity index (χ2v) is 12.5. The lowest BCUT2D eigenvalue weighted by molar-refractivity contribution is 0.256. The average molecular weight is 609 g/mol. The molecule has 0 bridgehead atoms. The monoisotopic (exact) mass is 608 g/mol. The molecular formula is C39H36N4OS. The minimum Gasteiger partial charge on any atom is -0.390 e. The van der Waals surface area contributed by atoms with E-state index in [1.807, 2.05) is 59.3 Å². The summed E-state index contributed by atoms with van der Waals surface area (Å²) in [6.45, 7) is 2.09. The standard InChI is InChI=1S/C39H36N4OS/c44-29-37-38(45-36-25-21-31(22-26-36)30-19-23-35(24-20-30)42-27-11-4-12-28-42)40-41-43(37)39(32-13-5-1-6-14-32,33-15-7-2-8-16-33)34-17-9-3-10-18-34/h1-3,5-10,13-26,44H,4,11-12,27-29H2. The van der Waals surface area contributed by atoms with Crippen LogP contribution in [0.4, 0.5) is 5.69 Å². The fraction of sp³-hybridized carbons (Fsp3) is 0.179. The van der Waals surface area contributed by atoms with Gasteiger partial charge in [-0.15, -0.1) is 5.10 Å². The SMILES string of the molecule is OCc1c(Sc2ccc(-c3ccc(N4CCCCC4)cc3)cc2)nnn1C(c1ccccc1)(c1ccccc1)c1ccccc1. The highest BCUT2D eigenvalue weighted by Gasteiger charge is 2.41. The molecular weight excluding hydrogens is 573 g/mol. The van der Waals surface area contributed by atoms with Crippen LogP contribution in [0.5, 0.6) is 0 Å². The summed E-state index contributed by atoms with van der Waals surface area (Å²) in [5, 5.41) is 21.0. The first kappa shape index (κ1) is 29.1. The summed E-state index contributed by atoms with van der Waals surface area (Å²) in [5.74, 6) is 0. The normalized spacial score (nSPS) is 13.6. The summed E-state index contributed by atoms with van der Waals surface area (Å²) in [6, 6.07) is 48.5. The average Bonchev–Trinajstić information content (AvgIpc) is 3.53. The number of benzene rings is 5. The molecule has 1 aromatic heterocycles. The van der Waals surface area contributed by atoms with E-state index in [0.29, 0.717) is 10.7 Å². The van der Waals surface area contributed by atoms with Gasteiger partial charge in [-0.25, -0.2) is 4.68 Å². The van der Waals surface area contributed by atoms with Crippen molar-refractivity contribution in [2.24, 2.45) is 0 Å². The van der Waals surface area contributed by atoms with Crippen molar-refractivity contribution < 1.29 is 5.11 Å². The van der Waals surface area contributed by atoms with Gasteiger partial charge in [-0.05, 0) is 71.3 Å². The van der Waals surface area contributed by atoms with Gasteiger partial charge >= 0.3 is 0 Å². The molecule has 2 heterocycles. The molecule has 7 rings (SSSR count). The lowest BCUT2D eigenvalue weighted by Gasteiger charge is -2.36. The third-order valence-electron chi connectivity index (χ3n) is 8.76. The molecule has 1 N–H and O–H groups in total. The molecule has 1 fully saturated rings. The molecule has 1 aliphatic heterocycles. The quantitative estimate of drug-likeness (QED) is 0.167. The maximum absolute atomic E-state index is 10.9. The molecule has 0 spiro atoms. The van der Waals surface area contributed by atoms with Crippen LogP contribution in [0.2, 0.25) is 0 Å². The smallest absolute Gasteiger partial charge is 0.149 e. The van der Waals surface area contributed by atoms with Crippen molar-refractivity contribution in [1.29, 1.82) is 0 Å². The van der Waals surface area contributed by atoms with E-state index in [0.717, 1.165) is 34.7 Å². The first-order chi connectivity index (χ1) is 22.3. The first-order valence-electron chi connectivity index (χ1n) is 15.6. The highest BCUT2D eigenvalue weighted by molar-refractivity contribution is 7.99. The minimum atomic E-state index is -0.835. The minimum absolute atomic E-state index is 0.203. The summed E-state index contributed by atoms with van der Waals surface area (Å²) in [4.78, 5) is 3.52. The molecule has 1 aliphatic rings. The fourth-order valence-corrected chi connectivity index (χ4v) is 7.36. The third-order valence-corrected chi connectivity index (χ3v) is 9.78. The summed E-state index contributed by atoms with van der Waals surface area (Å²) in [6.07, 6.45) is 3.89. The zero-order valence-electron chi connectivity index (χ0n) is 25.2. The number of aromatic nitrogens is 3. The van der Waals surface area contributed by atoms with Gasteiger partial charge in [0.2, 0.25) is 0 Å². The summed E-state index contributed by atoms with van der Waals surface area (Å²) in [5.41, 5.74) is 6.62. The molecule has 6 heteroatoms. The Kier molecular flexibility index (Phi) is 8.50. The molecule has 0 unspecified atom stereocenters. The summed E-state index contributed by atoms with van der Waals surface area (Å²) >= 11 is 1.53. The second-order valence-electron chi connectivity index (χ2n) is 11.4. The molecule has 0 saturated carbocycles. The van der Waals surface area contributed by atoms with Gasteiger partial charge in [0, 0.05) is 23.7 Å². The van der Waals surface area contributed by atoms with Gasteiger partial charge < -0.3 is 10.0 Å². The van der Waals surface area contributed by atoms with Crippen LogP contribution in [-0.2, 0) is 12.1 Å². The van der Waals surface area contributed by atoms with E-state index in [1.165, 1.54) is 47.8 Å². The van der Waals surface area contributed by atoms with Gasteiger partial charge in [0.1, 0.15) is 16.3 Å². The van der Waals surface area contributed by atoms with E-state index >= 15 is 0 Å². The topological polar surface area (TPSA) is 54.2 Å². The number of aliphatic hydroxyl groups is 1. The number of piperidine rings is 1. The molecule has 1 saturated heterocycles. The third kappa shape index (κ3) is 5.68. The molecule has 0 radical (unpaired) electrons. The van der Waals surface area contributed by atoms with Crippen molar-refractivity contribution in [1.82, 2.24) is 15.0 Å². The molecule has 0 amide bonds. The van der Waals surface area contributed by atoms with Crippen LogP contribution in [0.25, 0.3) is 11.1 Å². The van der Waals surface area contributed by atoms with Crippen LogP contribution in [0, 0.1) is 0 Å². The number of rotatable bonds is 9. The first-order valence-corrected chi connectivity index (χ1v) is 16.4. The Morgan fingerprint density at radius 1 is 0.600 bits per heavy atom. The van der Waals surface area contributed by atoms with Crippen molar-refractivity contribution in [3.05, 3.63) is 162 Å². The van der Waals surface area contributed by atoms with Crippen molar-refractivity contribution in [2.75, 3.05) is 18.0 Å². The van der Waals surface area contributed by atoms with E-state index < -0.39 is 5.54 Å². The number of aliphatic hydroxyl groups excluding tert-OH is 1. The zero-order chi connectivity index (χ0) is 30.5. The number of nitrogens with zero attached hydrogens (tertiary/aromatic N) is 4. The van der Waals surface area contributed by atoms with Crippen LogP contribution < -0.4 is 4.90 Å². The van der Waals surface area contributed by atoms with Gasteiger partial charge in [-0.3, -0.25) is 0 Å². The molecule has 224 valence electrons. The summed E-state index contributed by atoms with van der Waals surface area (Å²) in [7, 11) is 0. The number of anilines is 1. The Morgan fingerprint density at radius 3 is 1.58 bits per heavy atom. The second kappa shape index (κ2) is 13.1. The van der Waals surface area contributed by atoms with E-state index in [2.05, 4.69) is 94.9 Å². The van der Waals surface area contributed by atoms with Crippen LogP contribution in [0.3, 0.4) is 0 Å². The molecule has 45 heavy (non-hydrogen) atoms. The van der Waals surface area contributed by atoms with Crippen LogP contribution in [0.1, 0.15) is 41.6 Å². The lowest BCUT2D eigenvalue weighted by atomic mass is 9.77. The predicted molar refractivity (Wildman–Crippen MR) is 183 cm³/mol. The Balaban J connectivity index is 1.23. The fourth-order valence-electron chi connectivity index (χ4n) is 6.52. The van der Waals surface area contributed by atoms with E-state index in [4.69, 9.17) is 5.21 Å². The Morgan fingerprint density at radius 2 is 1.09 bits per heavy atom. The molecule has 0 aliphatic carbocycles. The van der Waals surface area contributed by atoms with Gasteiger partial charge in [0.15, 0.2) is 0 Å². The Hall–Kier alpha value is -4.65.